The molecular weight excluding hydrogens is 322 g/mol. The van der Waals surface area contributed by atoms with E-state index in [-0.39, 0.29) is 17.1 Å². The molecule has 2 aromatic carbocycles. The molecule has 0 heterocycles. The van der Waals surface area contributed by atoms with Gasteiger partial charge in [0.2, 0.25) is 0 Å². The zero-order valence-electron chi connectivity index (χ0n) is 10.7. The molecule has 0 saturated heterocycles. The van der Waals surface area contributed by atoms with Crippen LogP contribution in [-0.2, 0) is 0 Å². The lowest BCUT2D eigenvalue weighted by Gasteiger charge is -2.07. The summed E-state index contributed by atoms with van der Waals surface area (Å²) in [6.45, 7) is 1.48. The van der Waals surface area contributed by atoms with E-state index in [1.54, 1.807) is 30.3 Å². The molecule has 4 nitrogen and oxygen atoms in total. The molecule has 5 heteroatoms. The maximum absolute atomic E-state index is 12.0. The molecule has 0 aliphatic rings. The highest BCUT2D eigenvalue weighted by Crippen LogP contribution is 2.23. The molecule has 0 aliphatic heterocycles. The Hall–Kier alpha value is -2.14. The molecule has 0 aliphatic carbocycles. The first-order chi connectivity index (χ1) is 9.47. The number of carbonyl (C=O) groups excluding carboxylic acids is 2. The van der Waals surface area contributed by atoms with Crippen molar-refractivity contribution < 1.29 is 14.7 Å². The first kappa shape index (κ1) is 14.3. The van der Waals surface area contributed by atoms with Crippen LogP contribution in [0.4, 0.5) is 5.69 Å². The second-order valence-electron chi connectivity index (χ2n) is 4.25. The number of Topliss-reactive ketones (excluding diaryl/α,β-unsaturated/α-hetero) is 1. The van der Waals surface area contributed by atoms with Gasteiger partial charge in [0.25, 0.3) is 5.91 Å². The summed E-state index contributed by atoms with van der Waals surface area (Å²) in [5.41, 5.74) is 1.31. The van der Waals surface area contributed by atoms with Crippen molar-refractivity contribution in [3.05, 3.63) is 58.1 Å². The minimum atomic E-state index is -0.417. The van der Waals surface area contributed by atoms with Crippen molar-refractivity contribution in [1.82, 2.24) is 0 Å². The van der Waals surface area contributed by atoms with Gasteiger partial charge in [-0.2, -0.15) is 0 Å². The second-order valence-corrected chi connectivity index (χ2v) is 5.16. The average molecular weight is 334 g/mol. The first-order valence-electron chi connectivity index (χ1n) is 5.88. The quantitative estimate of drug-likeness (QED) is 0.843. The topological polar surface area (TPSA) is 66.4 Å². The number of halogens is 1. The van der Waals surface area contributed by atoms with Gasteiger partial charge in [-0.25, -0.2) is 0 Å². The van der Waals surface area contributed by atoms with Crippen LogP contribution in [0.25, 0.3) is 0 Å². The minimum absolute atomic E-state index is 0.0347. The molecule has 2 rings (SSSR count). The summed E-state index contributed by atoms with van der Waals surface area (Å²) in [5, 5.41) is 12.3. The summed E-state index contributed by atoms with van der Waals surface area (Å²) in [6.07, 6.45) is 0. The van der Waals surface area contributed by atoms with Gasteiger partial charge in [-0.05, 0) is 49.4 Å². The molecular formula is C15H12BrNO3. The van der Waals surface area contributed by atoms with E-state index in [4.69, 9.17) is 0 Å². The smallest absolute Gasteiger partial charge is 0.259 e. The first-order valence-corrected chi connectivity index (χ1v) is 6.67. The van der Waals surface area contributed by atoms with Crippen LogP contribution in [0.15, 0.2) is 46.9 Å². The van der Waals surface area contributed by atoms with Crippen LogP contribution in [0.3, 0.4) is 0 Å². The predicted octanol–water partition coefficient (Wildman–Crippen LogP) is 3.61. The van der Waals surface area contributed by atoms with Crippen LogP contribution in [0.2, 0.25) is 0 Å². The Morgan fingerprint density at radius 3 is 2.35 bits per heavy atom. The Balaban J connectivity index is 2.19. The molecule has 1 amide bonds. The second kappa shape index (κ2) is 5.88. The summed E-state index contributed by atoms with van der Waals surface area (Å²) < 4.78 is 0.701. The van der Waals surface area contributed by atoms with Crippen LogP contribution in [0.5, 0.6) is 5.75 Å². The average Bonchev–Trinajstić information content (AvgIpc) is 2.42. The van der Waals surface area contributed by atoms with E-state index in [0.717, 1.165) is 0 Å². The monoisotopic (exact) mass is 333 g/mol. The van der Waals surface area contributed by atoms with Gasteiger partial charge in [0.1, 0.15) is 5.75 Å². The van der Waals surface area contributed by atoms with Gasteiger partial charge in [0.05, 0.1) is 5.56 Å². The van der Waals surface area contributed by atoms with E-state index < -0.39 is 5.91 Å². The number of carbonyl (C=O) groups is 2. The fraction of sp³-hybridized carbons (Fsp3) is 0.0667. The molecule has 2 N–H and O–H groups in total. The van der Waals surface area contributed by atoms with E-state index in [0.29, 0.717) is 15.7 Å². The molecule has 0 fully saturated rings. The zero-order valence-corrected chi connectivity index (χ0v) is 12.3. The fourth-order valence-electron chi connectivity index (χ4n) is 1.68. The zero-order chi connectivity index (χ0) is 14.7. The van der Waals surface area contributed by atoms with Gasteiger partial charge in [-0.15, -0.1) is 0 Å². The van der Waals surface area contributed by atoms with Gasteiger partial charge >= 0.3 is 0 Å². The third kappa shape index (κ3) is 3.24. The van der Waals surface area contributed by atoms with Crippen molar-refractivity contribution in [3.8, 4) is 5.75 Å². The lowest BCUT2D eigenvalue weighted by Crippen LogP contribution is -2.12. The van der Waals surface area contributed by atoms with Crippen molar-refractivity contribution in [2.45, 2.75) is 6.92 Å². The third-order valence-corrected chi connectivity index (χ3v) is 3.25. The number of anilines is 1. The van der Waals surface area contributed by atoms with Crippen LogP contribution in [0, 0.1) is 0 Å². The van der Waals surface area contributed by atoms with Gasteiger partial charge in [-0.3, -0.25) is 9.59 Å². The maximum Gasteiger partial charge on any atom is 0.259 e. The highest BCUT2D eigenvalue weighted by Gasteiger charge is 2.12. The Labute approximate surface area is 124 Å². The standard InChI is InChI=1S/C15H12BrNO3/c1-9(18)10-2-5-12(6-3-10)17-15(20)13-8-11(16)4-7-14(13)19/h2-8,19H,1H3,(H,17,20). The summed E-state index contributed by atoms with van der Waals surface area (Å²) >= 11 is 3.25. The van der Waals surface area contributed by atoms with Crippen molar-refractivity contribution in [3.63, 3.8) is 0 Å². The number of benzene rings is 2. The van der Waals surface area contributed by atoms with Crippen molar-refractivity contribution in [2.75, 3.05) is 5.32 Å². The Bertz CT molecular complexity index is 665. The van der Waals surface area contributed by atoms with E-state index in [9.17, 15) is 14.7 Å². The van der Waals surface area contributed by atoms with Crippen molar-refractivity contribution in [1.29, 1.82) is 0 Å². The van der Waals surface area contributed by atoms with E-state index in [1.807, 2.05) is 0 Å². The van der Waals surface area contributed by atoms with Gasteiger partial charge in [0, 0.05) is 15.7 Å². The predicted molar refractivity (Wildman–Crippen MR) is 80.2 cm³/mol. The highest BCUT2D eigenvalue weighted by atomic mass is 79.9. The van der Waals surface area contributed by atoms with Crippen LogP contribution in [0.1, 0.15) is 27.6 Å². The van der Waals surface area contributed by atoms with Gasteiger partial charge < -0.3 is 10.4 Å². The van der Waals surface area contributed by atoms with E-state index in [2.05, 4.69) is 21.2 Å². The molecule has 2 aromatic rings. The molecule has 0 radical (unpaired) electrons. The van der Waals surface area contributed by atoms with Crippen LogP contribution >= 0.6 is 15.9 Å². The molecule has 0 atom stereocenters. The van der Waals surface area contributed by atoms with Crippen LogP contribution < -0.4 is 5.32 Å². The number of rotatable bonds is 3. The largest absolute Gasteiger partial charge is 0.507 e. The molecule has 20 heavy (non-hydrogen) atoms. The summed E-state index contributed by atoms with van der Waals surface area (Å²) in [5.74, 6) is -0.544. The lowest BCUT2D eigenvalue weighted by atomic mass is 10.1. The number of aromatic hydroxyl groups is 1. The molecule has 102 valence electrons. The molecule has 0 bridgehead atoms. The van der Waals surface area contributed by atoms with Crippen molar-refractivity contribution >= 4 is 33.3 Å². The molecule has 0 unspecified atom stereocenters. The lowest BCUT2D eigenvalue weighted by molar-refractivity contribution is 0.101. The summed E-state index contributed by atoms with van der Waals surface area (Å²) in [7, 11) is 0. The maximum atomic E-state index is 12.0. The number of hydrogen-bond donors (Lipinski definition) is 2. The SMILES string of the molecule is CC(=O)c1ccc(NC(=O)c2cc(Br)ccc2O)cc1. The third-order valence-electron chi connectivity index (χ3n) is 2.75. The van der Waals surface area contributed by atoms with Crippen molar-refractivity contribution in [2.24, 2.45) is 0 Å². The summed E-state index contributed by atoms with van der Waals surface area (Å²) in [4.78, 5) is 23.2. The Morgan fingerprint density at radius 2 is 1.75 bits per heavy atom. The number of phenols is 1. The van der Waals surface area contributed by atoms with Gasteiger partial charge in [-0.1, -0.05) is 15.9 Å². The van der Waals surface area contributed by atoms with E-state index >= 15 is 0 Å². The minimum Gasteiger partial charge on any atom is -0.507 e. The molecule has 0 aromatic heterocycles. The number of phenolic OH excluding ortho intramolecular Hbond substituents is 1. The van der Waals surface area contributed by atoms with Crippen LogP contribution in [-0.4, -0.2) is 16.8 Å². The Kier molecular flexibility index (Phi) is 4.20. The Morgan fingerprint density at radius 1 is 1.10 bits per heavy atom. The van der Waals surface area contributed by atoms with Gasteiger partial charge in [0.15, 0.2) is 5.78 Å². The summed E-state index contributed by atoms with van der Waals surface area (Å²) in [6, 6.07) is 11.2. The number of hydrogen-bond acceptors (Lipinski definition) is 3. The number of ketones is 1. The van der Waals surface area contributed by atoms with E-state index in [1.165, 1.54) is 19.1 Å². The fourth-order valence-corrected chi connectivity index (χ4v) is 2.04. The number of amides is 1. The number of nitrogens with one attached hydrogen (secondary N) is 1. The molecule has 0 saturated carbocycles. The normalized spacial score (nSPS) is 10.1. The molecule has 0 spiro atoms. The highest BCUT2D eigenvalue weighted by molar-refractivity contribution is 9.10.